The summed E-state index contributed by atoms with van der Waals surface area (Å²) in [5.74, 6) is 0.888. The van der Waals surface area contributed by atoms with Gasteiger partial charge in [0.15, 0.2) is 0 Å². The number of carbonyl (C=O) groups excluding carboxylic acids is 1. The van der Waals surface area contributed by atoms with E-state index in [-0.39, 0.29) is 5.91 Å². The quantitative estimate of drug-likeness (QED) is 0.805. The number of hydrogen-bond acceptors (Lipinski definition) is 6. The Balaban J connectivity index is 1.37. The second-order valence-corrected chi connectivity index (χ2v) is 6.95. The summed E-state index contributed by atoms with van der Waals surface area (Å²) in [5, 5.41) is 0. The van der Waals surface area contributed by atoms with Crippen LogP contribution in [-0.2, 0) is 4.74 Å². The molecule has 0 bridgehead atoms. The standard InChI is InChI=1S/C21H26N4O3/c1-27-20-5-3-2-4-19(20)24-10-8-23(9-11-24)17-6-7-18(22-16-17)21(26)25-12-14-28-15-13-25/h2-7,16H,8-15H2,1H3. The van der Waals surface area contributed by atoms with Gasteiger partial charge in [0.1, 0.15) is 11.4 Å². The smallest absolute Gasteiger partial charge is 0.272 e. The molecule has 1 aromatic carbocycles. The fourth-order valence-electron chi connectivity index (χ4n) is 3.72. The van der Waals surface area contributed by atoms with E-state index in [4.69, 9.17) is 9.47 Å². The van der Waals surface area contributed by atoms with Crippen LogP contribution in [0.15, 0.2) is 42.6 Å². The number of hydrogen-bond donors (Lipinski definition) is 0. The minimum Gasteiger partial charge on any atom is -0.495 e. The number of morpholine rings is 1. The van der Waals surface area contributed by atoms with Crippen LogP contribution in [-0.4, -0.2) is 75.4 Å². The largest absolute Gasteiger partial charge is 0.495 e. The van der Waals surface area contributed by atoms with Gasteiger partial charge in [-0.15, -0.1) is 0 Å². The Morgan fingerprint density at radius 2 is 1.68 bits per heavy atom. The fraction of sp³-hybridized carbons (Fsp3) is 0.429. The molecular formula is C21H26N4O3. The van der Waals surface area contributed by atoms with Crippen molar-refractivity contribution in [2.24, 2.45) is 0 Å². The van der Waals surface area contributed by atoms with Gasteiger partial charge in [-0.25, -0.2) is 4.98 Å². The summed E-state index contributed by atoms with van der Waals surface area (Å²) in [4.78, 5) is 23.4. The molecule has 0 atom stereocenters. The third kappa shape index (κ3) is 3.89. The van der Waals surface area contributed by atoms with Crippen LogP contribution in [0.3, 0.4) is 0 Å². The number of nitrogens with zero attached hydrogens (tertiary/aromatic N) is 4. The van der Waals surface area contributed by atoms with Gasteiger partial charge in [0.05, 0.1) is 37.9 Å². The number of rotatable bonds is 4. The maximum atomic E-state index is 12.5. The van der Waals surface area contributed by atoms with Gasteiger partial charge in [-0.3, -0.25) is 4.79 Å². The van der Waals surface area contributed by atoms with Gasteiger partial charge in [-0.2, -0.15) is 0 Å². The van der Waals surface area contributed by atoms with Crippen LogP contribution < -0.4 is 14.5 Å². The Kier molecular flexibility index (Phi) is 5.62. The molecule has 7 heteroatoms. The van der Waals surface area contributed by atoms with E-state index in [2.05, 4.69) is 20.9 Å². The van der Waals surface area contributed by atoms with Crippen LogP contribution in [0, 0.1) is 0 Å². The molecule has 148 valence electrons. The molecule has 0 N–H and O–H groups in total. The number of ether oxygens (including phenoxy) is 2. The van der Waals surface area contributed by atoms with Crippen LogP contribution in [0.4, 0.5) is 11.4 Å². The maximum Gasteiger partial charge on any atom is 0.272 e. The normalized spacial score (nSPS) is 17.5. The minimum atomic E-state index is -0.0177. The van der Waals surface area contributed by atoms with E-state index in [0.717, 1.165) is 43.3 Å². The van der Waals surface area contributed by atoms with Crippen molar-refractivity contribution in [3.63, 3.8) is 0 Å². The lowest BCUT2D eigenvalue weighted by Crippen LogP contribution is -2.46. The molecule has 1 aromatic heterocycles. The van der Waals surface area contributed by atoms with Gasteiger partial charge in [-0.05, 0) is 24.3 Å². The number of piperazine rings is 1. The van der Waals surface area contributed by atoms with Gasteiger partial charge in [0.25, 0.3) is 5.91 Å². The van der Waals surface area contributed by atoms with Crippen LogP contribution in [0.25, 0.3) is 0 Å². The second kappa shape index (κ2) is 8.48. The van der Waals surface area contributed by atoms with E-state index < -0.39 is 0 Å². The van der Waals surface area contributed by atoms with Crippen molar-refractivity contribution in [2.75, 3.05) is 69.4 Å². The van der Waals surface area contributed by atoms with E-state index >= 15 is 0 Å². The van der Waals surface area contributed by atoms with E-state index in [1.807, 2.05) is 36.5 Å². The van der Waals surface area contributed by atoms with E-state index in [9.17, 15) is 4.79 Å². The number of para-hydroxylation sites is 2. The maximum absolute atomic E-state index is 12.5. The van der Waals surface area contributed by atoms with Crippen molar-refractivity contribution >= 4 is 17.3 Å². The predicted octanol–water partition coefficient (Wildman–Crippen LogP) is 1.89. The van der Waals surface area contributed by atoms with Gasteiger partial charge in [-0.1, -0.05) is 12.1 Å². The molecule has 0 saturated carbocycles. The summed E-state index contributed by atoms with van der Waals surface area (Å²) >= 11 is 0. The molecule has 2 aliphatic heterocycles. The van der Waals surface area contributed by atoms with Crippen molar-refractivity contribution in [1.29, 1.82) is 0 Å². The Hall–Kier alpha value is -2.80. The summed E-state index contributed by atoms with van der Waals surface area (Å²) in [6, 6.07) is 12.0. The second-order valence-electron chi connectivity index (χ2n) is 6.95. The molecule has 7 nitrogen and oxygen atoms in total. The molecule has 2 aromatic rings. The summed E-state index contributed by atoms with van der Waals surface area (Å²) in [5.41, 5.74) is 2.69. The highest BCUT2D eigenvalue weighted by molar-refractivity contribution is 5.92. The highest BCUT2D eigenvalue weighted by Crippen LogP contribution is 2.29. The number of anilines is 2. The lowest BCUT2D eigenvalue weighted by molar-refractivity contribution is 0.0299. The van der Waals surface area contributed by atoms with Crippen molar-refractivity contribution in [2.45, 2.75) is 0 Å². The SMILES string of the molecule is COc1ccccc1N1CCN(c2ccc(C(=O)N3CCOCC3)nc2)CC1. The Bertz CT molecular complexity index is 798. The topological polar surface area (TPSA) is 58.1 Å². The lowest BCUT2D eigenvalue weighted by atomic mass is 10.2. The highest BCUT2D eigenvalue weighted by atomic mass is 16.5. The number of pyridine rings is 1. The van der Waals surface area contributed by atoms with Crippen molar-refractivity contribution in [3.8, 4) is 5.75 Å². The first kappa shape index (κ1) is 18.6. The zero-order chi connectivity index (χ0) is 19.3. The Morgan fingerprint density at radius 3 is 2.36 bits per heavy atom. The minimum absolute atomic E-state index is 0.0177. The Labute approximate surface area is 165 Å². The van der Waals surface area contributed by atoms with Gasteiger partial charge in [0.2, 0.25) is 0 Å². The Morgan fingerprint density at radius 1 is 0.964 bits per heavy atom. The molecule has 3 heterocycles. The summed E-state index contributed by atoms with van der Waals surface area (Å²) < 4.78 is 10.8. The number of amides is 1. The highest BCUT2D eigenvalue weighted by Gasteiger charge is 2.22. The molecule has 1 amide bonds. The molecule has 2 saturated heterocycles. The first-order valence-electron chi connectivity index (χ1n) is 9.72. The average molecular weight is 382 g/mol. The van der Waals surface area contributed by atoms with Crippen molar-refractivity contribution < 1.29 is 14.3 Å². The third-order valence-electron chi connectivity index (χ3n) is 5.34. The van der Waals surface area contributed by atoms with E-state index in [0.29, 0.717) is 32.0 Å². The molecule has 0 unspecified atom stereocenters. The van der Waals surface area contributed by atoms with Crippen LogP contribution in [0.2, 0.25) is 0 Å². The number of benzene rings is 1. The summed E-state index contributed by atoms with van der Waals surface area (Å²) in [6.07, 6.45) is 1.81. The van der Waals surface area contributed by atoms with Crippen LogP contribution in [0.1, 0.15) is 10.5 Å². The van der Waals surface area contributed by atoms with E-state index in [1.165, 1.54) is 0 Å². The van der Waals surface area contributed by atoms with Crippen LogP contribution in [0.5, 0.6) is 5.75 Å². The van der Waals surface area contributed by atoms with E-state index in [1.54, 1.807) is 12.0 Å². The molecule has 2 fully saturated rings. The summed E-state index contributed by atoms with van der Waals surface area (Å²) in [7, 11) is 1.71. The van der Waals surface area contributed by atoms with Gasteiger partial charge in [0, 0.05) is 39.3 Å². The number of aromatic nitrogens is 1. The lowest BCUT2D eigenvalue weighted by Gasteiger charge is -2.37. The monoisotopic (exact) mass is 382 g/mol. The van der Waals surface area contributed by atoms with Crippen molar-refractivity contribution in [3.05, 3.63) is 48.3 Å². The molecule has 0 radical (unpaired) electrons. The third-order valence-corrected chi connectivity index (χ3v) is 5.34. The first-order valence-corrected chi connectivity index (χ1v) is 9.72. The van der Waals surface area contributed by atoms with Gasteiger partial charge >= 0.3 is 0 Å². The zero-order valence-corrected chi connectivity index (χ0v) is 16.2. The zero-order valence-electron chi connectivity index (χ0n) is 16.2. The van der Waals surface area contributed by atoms with Crippen LogP contribution >= 0.6 is 0 Å². The molecular weight excluding hydrogens is 356 g/mol. The van der Waals surface area contributed by atoms with Crippen molar-refractivity contribution in [1.82, 2.24) is 9.88 Å². The predicted molar refractivity (Wildman–Crippen MR) is 108 cm³/mol. The molecule has 0 spiro atoms. The first-order chi connectivity index (χ1) is 13.8. The molecule has 2 aliphatic rings. The summed E-state index contributed by atoms with van der Waals surface area (Å²) in [6.45, 7) is 6.08. The molecule has 4 rings (SSSR count). The molecule has 0 aliphatic carbocycles. The molecule has 28 heavy (non-hydrogen) atoms. The number of methoxy groups -OCH3 is 1. The van der Waals surface area contributed by atoms with Gasteiger partial charge < -0.3 is 24.2 Å². The number of carbonyl (C=O) groups is 1. The fourth-order valence-corrected chi connectivity index (χ4v) is 3.72. The average Bonchev–Trinajstić information content (AvgIpc) is 2.79.